The van der Waals surface area contributed by atoms with Crippen LogP contribution >= 0.6 is 0 Å². The van der Waals surface area contributed by atoms with Crippen LogP contribution in [0.5, 0.6) is 17.2 Å². The number of nitrogens with one attached hydrogen (secondary N) is 1. The quantitative estimate of drug-likeness (QED) is 0.317. The van der Waals surface area contributed by atoms with Crippen molar-refractivity contribution in [1.29, 1.82) is 0 Å². The van der Waals surface area contributed by atoms with Crippen molar-refractivity contribution in [2.24, 2.45) is 0 Å². The third kappa shape index (κ3) is 4.68. The zero-order valence-electron chi connectivity index (χ0n) is 14.1. The zero-order valence-corrected chi connectivity index (χ0v) is 14.1. The number of aliphatic hydroxyl groups is 2. The van der Waals surface area contributed by atoms with Crippen molar-refractivity contribution in [3.8, 4) is 17.2 Å². The Balaban J connectivity index is 2.29. The number of nitrogens with two attached hydrogens (primary N) is 1. The summed E-state index contributed by atoms with van der Waals surface area (Å²) in [7, 11) is 0. The zero-order chi connectivity index (χ0) is 18.4. The summed E-state index contributed by atoms with van der Waals surface area (Å²) in [6, 6.07) is 7.81. The van der Waals surface area contributed by atoms with E-state index in [4.69, 9.17) is 15.6 Å². The predicted molar refractivity (Wildman–Crippen MR) is 96.0 cm³/mol. The van der Waals surface area contributed by atoms with Gasteiger partial charge in [-0.25, -0.2) is 0 Å². The Hall–Kier alpha value is -2.64. The van der Waals surface area contributed by atoms with Gasteiger partial charge in [-0.1, -0.05) is 0 Å². The van der Waals surface area contributed by atoms with Gasteiger partial charge in [0, 0.05) is 42.2 Å². The molecular weight excluding hydrogens is 324 g/mol. The van der Waals surface area contributed by atoms with Crippen LogP contribution in [0.3, 0.4) is 0 Å². The van der Waals surface area contributed by atoms with Crippen LogP contribution in [0.1, 0.15) is 23.7 Å². The molecule has 2 rings (SSSR count). The number of ether oxygens (including phenoxy) is 1. The lowest BCUT2D eigenvalue weighted by molar-refractivity contribution is 0.112. The first kappa shape index (κ1) is 18.7. The van der Waals surface area contributed by atoms with E-state index in [1.165, 1.54) is 12.1 Å². The molecule has 7 heteroatoms. The number of rotatable bonds is 8. The van der Waals surface area contributed by atoms with Crippen molar-refractivity contribution in [1.82, 2.24) is 0 Å². The van der Waals surface area contributed by atoms with Gasteiger partial charge >= 0.3 is 0 Å². The predicted octanol–water partition coefficient (Wildman–Crippen LogP) is 1.90. The van der Waals surface area contributed by atoms with Crippen LogP contribution in [0.25, 0.3) is 0 Å². The van der Waals surface area contributed by atoms with Crippen molar-refractivity contribution in [3.05, 3.63) is 41.5 Å². The minimum Gasteiger partial charge on any atom is -0.508 e. The van der Waals surface area contributed by atoms with E-state index in [-0.39, 0.29) is 30.5 Å². The van der Waals surface area contributed by atoms with E-state index in [9.17, 15) is 15.3 Å². The van der Waals surface area contributed by atoms with Gasteiger partial charge in [0.05, 0.1) is 6.61 Å². The van der Waals surface area contributed by atoms with Crippen molar-refractivity contribution in [2.45, 2.75) is 19.4 Å². The van der Waals surface area contributed by atoms with Crippen LogP contribution in [0.15, 0.2) is 30.3 Å². The molecule has 0 amide bonds. The number of aromatic hydroxyl groups is 2. The van der Waals surface area contributed by atoms with Crippen molar-refractivity contribution in [3.63, 3.8) is 0 Å². The number of nitrogen functional groups attached to an aromatic ring is 1. The Bertz CT molecular complexity index is 721. The van der Waals surface area contributed by atoms with Crippen molar-refractivity contribution >= 4 is 11.4 Å². The number of hydrogen-bond donors (Lipinski definition) is 6. The Morgan fingerprint density at radius 1 is 1.12 bits per heavy atom. The summed E-state index contributed by atoms with van der Waals surface area (Å²) in [6.07, 6.45) is -0.205. The second-order valence-electron chi connectivity index (χ2n) is 5.73. The van der Waals surface area contributed by atoms with E-state index in [1.54, 1.807) is 25.1 Å². The molecule has 7 nitrogen and oxygen atoms in total. The number of phenols is 2. The highest BCUT2D eigenvalue weighted by molar-refractivity contribution is 5.56. The molecular formula is C18H24N2O5. The molecule has 2 aromatic carbocycles. The Kier molecular flexibility index (Phi) is 6.32. The molecule has 0 fully saturated rings. The molecule has 136 valence electrons. The van der Waals surface area contributed by atoms with Crippen LogP contribution < -0.4 is 15.8 Å². The Morgan fingerprint density at radius 3 is 2.52 bits per heavy atom. The molecule has 0 spiro atoms. The van der Waals surface area contributed by atoms with Crippen molar-refractivity contribution in [2.75, 3.05) is 30.8 Å². The molecule has 0 heterocycles. The second kappa shape index (κ2) is 8.46. The van der Waals surface area contributed by atoms with Gasteiger partial charge in [0.15, 0.2) is 11.5 Å². The number of hydrogen-bond acceptors (Lipinski definition) is 7. The van der Waals surface area contributed by atoms with Gasteiger partial charge in [0.1, 0.15) is 11.9 Å². The molecule has 7 N–H and O–H groups in total. The molecule has 0 aliphatic heterocycles. The molecule has 0 radical (unpaired) electrons. The minimum atomic E-state index is -0.778. The number of anilines is 2. The molecule has 25 heavy (non-hydrogen) atoms. The van der Waals surface area contributed by atoms with Gasteiger partial charge in [0.2, 0.25) is 0 Å². The van der Waals surface area contributed by atoms with Crippen LogP contribution in [0.4, 0.5) is 11.4 Å². The van der Waals surface area contributed by atoms with E-state index in [0.29, 0.717) is 35.5 Å². The molecule has 1 atom stereocenters. The molecule has 0 aliphatic rings. The summed E-state index contributed by atoms with van der Waals surface area (Å²) in [5.74, 6) is 0.121. The number of phenolic OH excluding ortho intramolecular Hbond substituents is 2. The highest BCUT2D eigenvalue weighted by Gasteiger charge is 2.19. The standard InChI is InChI=1S/C18H24N2O5/c1-11-14(8-13(9-15(11)23)20-5-2-6-21)18(10-22)25-17-4-3-12(19)7-16(17)24/h3-4,7-9,18,20-24H,2,5-6,10,19H2,1H3. The van der Waals surface area contributed by atoms with E-state index in [1.807, 2.05) is 0 Å². The lowest BCUT2D eigenvalue weighted by Gasteiger charge is -2.21. The Labute approximate surface area is 146 Å². The summed E-state index contributed by atoms with van der Waals surface area (Å²) >= 11 is 0. The molecule has 1 unspecified atom stereocenters. The molecule has 0 saturated carbocycles. The monoisotopic (exact) mass is 348 g/mol. The fourth-order valence-electron chi connectivity index (χ4n) is 2.46. The summed E-state index contributed by atoms with van der Waals surface area (Å²) in [5, 5.41) is 41.8. The third-order valence-electron chi connectivity index (χ3n) is 3.85. The van der Waals surface area contributed by atoms with Crippen molar-refractivity contribution < 1.29 is 25.2 Å². The summed E-state index contributed by atoms with van der Waals surface area (Å²) in [6.45, 7) is 1.99. The Morgan fingerprint density at radius 2 is 1.88 bits per heavy atom. The van der Waals surface area contributed by atoms with Gasteiger partial charge in [-0.15, -0.1) is 0 Å². The average molecular weight is 348 g/mol. The summed E-state index contributed by atoms with van der Waals surface area (Å²) in [5.41, 5.74) is 7.80. The fraction of sp³-hybridized carbons (Fsp3) is 0.333. The molecule has 0 bridgehead atoms. The van der Waals surface area contributed by atoms with Gasteiger partial charge in [-0.3, -0.25) is 0 Å². The van der Waals surface area contributed by atoms with E-state index >= 15 is 0 Å². The highest BCUT2D eigenvalue weighted by atomic mass is 16.5. The van der Waals surface area contributed by atoms with E-state index in [2.05, 4.69) is 5.32 Å². The fourth-order valence-corrected chi connectivity index (χ4v) is 2.46. The molecule has 0 aliphatic carbocycles. The van der Waals surface area contributed by atoms with Gasteiger partial charge in [0.25, 0.3) is 0 Å². The van der Waals surface area contributed by atoms with Crippen LogP contribution in [0, 0.1) is 6.92 Å². The molecule has 0 saturated heterocycles. The number of benzene rings is 2. The third-order valence-corrected chi connectivity index (χ3v) is 3.85. The normalized spacial score (nSPS) is 12.0. The maximum absolute atomic E-state index is 10.1. The maximum Gasteiger partial charge on any atom is 0.162 e. The average Bonchev–Trinajstić information content (AvgIpc) is 2.58. The molecule has 2 aromatic rings. The molecule has 0 aromatic heterocycles. The summed E-state index contributed by atoms with van der Waals surface area (Å²) in [4.78, 5) is 0. The lowest BCUT2D eigenvalue weighted by atomic mass is 10.0. The second-order valence-corrected chi connectivity index (χ2v) is 5.73. The first-order valence-electron chi connectivity index (χ1n) is 8.00. The first-order valence-corrected chi connectivity index (χ1v) is 8.00. The van der Waals surface area contributed by atoms with Gasteiger partial charge in [-0.05, 0) is 37.1 Å². The SMILES string of the molecule is Cc1c(O)cc(NCCCO)cc1C(CO)Oc1ccc(N)cc1O. The highest BCUT2D eigenvalue weighted by Crippen LogP contribution is 2.35. The summed E-state index contributed by atoms with van der Waals surface area (Å²) < 4.78 is 5.72. The van der Waals surface area contributed by atoms with Gasteiger partial charge in [-0.2, -0.15) is 0 Å². The minimum absolute atomic E-state index is 0.0626. The largest absolute Gasteiger partial charge is 0.508 e. The number of aliphatic hydroxyl groups excluding tert-OH is 2. The van der Waals surface area contributed by atoms with Crippen LogP contribution in [0.2, 0.25) is 0 Å². The first-order chi connectivity index (χ1) is 12.0. The smallest absolute Gasteiger partial charge is 0.162 e. The lowest BCUT2D eigenvalue weighted by Crippen LogP contribution is -2.14. The van der Waals surface area contributed by atoms with Crippen LogP contribution in [-0.2, 0) is 0 Å². The van der Waals surface area contributed by atoms with E-state index in [0.717, 1.165) is 0 Å². The topological polar surface area (TPSA) is 128 Å². The maximum atomic E-state index is 10.1. The van der Waals surface area contributed by atoms with E-state index < -0.39 is 6.10 Å². The van der Waals surface area contributed by atoms with Crippen LogP contribution in [-0.4, -0.2) is 40.2 Å². The van der Waals surface area contributed by atoms with Gasteiger partial charge < -0.3 is 36.2 Å².